The summed E-state index contributed by atoms with van der Waals surface area (Å²) in [6.45, 7) is 1.40. The molecule has 0 aliphatic heterocycles. The topological polar surface area (TPSA) is 65.5 Å². The Morgan fingerprint density at radius 1 is 1.50 bits per heavy atom. The van der Waals surface area contributed by atoms with Gasteiger partial charge in [0.05, 0.1) is 6.20 Å². The molecule has 0 atom stereocenters. The first-order valence-electron chi connectivity index (χ1n) is 3.72. The van der Waals surface area contributed by atoms with Gasteiger partial charge >= 0.3 is 7.60 Å². The van der Waals surface area contributed by atoms with E-state index in [1.807, 2.05) is 0 Å². The van der Waals surface area contributed by atoms with Crippen molar-refractivity contribution in [2.45, 2.75) is 6.92 Å². The third kappa shape index (κ3) is 2.09. The normalized spacial score (nSPS) is 11.6. The first-order valence-corrected chi connectivity index (χ1v) is 6.08. The lowest BCUT2D eigenvalue weighted by Crippen LogP contribution is -2.02. The highest BCUT2D eigenvalue weighted by atomic mass is 32.1. The number of Topliss-reactive ketones (excluding diaryl/α,β-unsaturated/α-hetero) is 1. The fraction of sp³-hybridized carbons (Fsp3) is 0.429. The number of carbonyl (C=O) groups excluding carboxylic acids is 1. The van der Waals surface area contributed by atoms with Crippen molar-refractivity contribution in [3.8, 4) is 0 Å². The van der Waals surface area contributed by atoms with Crippen molar-refractivity contribution in [3.05, 3.63) is 11.2 Å². The fourth-order valence-corrected chi connectivity index (χ4v) is 3.22. The number of rotatable bonds is 4. The molecule has 14 heavy (non-hydrogen) atoms. The lowest BCUT2D eigenvalue weighted by atomic mass is 10.5. The minimum Gasteiger partial charge on any atom is -0.308 e. The fourth-order valence-electron chi connectivity index (χ4n) is 0.809. The largest absolute Gasteiger partial charge is 0.372 e. The Hall–Kier alpha value is -0.550. The van der Waals surface area contributed by atoms with Gasteiger partial charge in [0.15, 0.2) is 10.8 Å². The molecule has 0 saturated heterocycles. The Balaban J connectivity index is 3.08. The summed E-state index contributed by atoms with van der Waals surface area (Å²) in [6, 6.07) is 0. The van der Waals surface area contributed by atoms with Crippen LogP contribution in [0.1, 0.15) is 16.7 Å². The second kappa shape index (κ2) is 4.31. The van der Waals surface area contributed by atoms with Gasteiger partial charge in [-0.3, -0.25) is 9.36 Å². The van der Waals surface area contributed by atoms with Gasteiger partial charge in [-0.2, -0.15) is 0 Å². The standard InChI is InChI=1S/C7H10NO4PS/c1-5(9)7-8-4-6(14-7)13(10,11-2)12-3/h4H,1-3H3. The van der Waals surface area contributed by atoms with Crippen LogP contribution < -0.4 is 4.62 Å². The maximum absolute atomic E-state index is 11.8. The number of aromatic nitrogens is 1. The molecule has 0 aromatic carbocycles. The highest BCUT2D eigenvalue weighted by molar-refractivity contribution is 7.68. The molecule has 0 unspecified atom stereocenters. The Morgan fingerprint density at radius 3 is 2.43 bits per heavy atom. The Bertz CT molecular complexity index is 381. The minimum atomic E-state index is -3.25. The average Bonchev–Trinajstić information content (AvgIpc) is 2.66. The molecule has 0 radical (unpaired) electrons. The molecule has 1 heterocycles. The van der Waals surface area contributed by atoms with Crippen molar-refractivity contribution in [3.63, 3.8) is 0 Å². The first-order chi connectivity index (χ1) is 6.53. The molecular weight excluding hydrogens is 225 g/mol. The maximum atomic E-state index is 11.8. The molecule has 1 aromatic rings. The minimum absolute atomic E-state index is 0.167. The summed E-state index contributed by atoms with van der Waals surface area (Å²) < 4.78 is 21.7. The van der Waals surface area contributed by atoms with Gasteiger partial charge in [0.1, 0.15) is 4.62 Å². The van der Waals surface area contributed by atoms with E-state index in [4.69, 9.17) is 9.05 Å². The van der Waals surface area contributed by atoms with Gasteiger partial charge in [0.25, 0.3) is 0 Å². The van der Waals surface area contributed by atoms with E-state index in [2.05, 4.69) is 4.98 Å². The van der Waals surface area contributed by atoms with Crippen molar-refractivity contribution in [1.29, 1.82) is 0 Å². The van der Waals surface area contributed by atoms with Crippen molar-refractivity contribution >= 4 is 29.3 Å². The molecule has 0 aliphatic rings. The van der Waals surface area contributed by atoms with E-state index in [1.54, 1.807) is 0 Å². The SMILES string of the molecule is COP(=O)(OC)c1cnc(C(C)=O)s1. The van der Waals surface area contributed by atoms with E-state index >= 15 is 0 Å². The van der Waals surface area contributed by atoms with Crippen LogP contribution in [0.15, 0.2) is 6.20 Å². The third-order valence-corrected chi connectivity index (χ3v) is 5.01. The summed E-state index contributed by atoms with van der Waals surface area (Å²) in [7, 11) is -0.670. The first kappa shape index (κ1) is 11.5. The van der Waals surface area contributed by atoms with E-state index < -0.39 is 7.60 Å². The monoisotopic (exact) mass is 235 g/mol. The molecule has 78 valence electrons. The van der Waals surface area contributed by atoms with Crippen molar-refractivity contribution in [2.24, 2.45) is 0 Å². The van der Waals surface area contributed by atoms with Gasteiger partial charge in [-0.1, -0.05) is 0 Å². The molecule has 0 bridgehead atoms. The number of nitrogens with zero attached hydrogens (tertiary/aromatic N) is 1. The van der Waals surface area contributed by atoms with E-state index in [9.17, 15) is 9.36 Å². The quantitative estimate of drug-likeness (QED) is 0.583. The molecule has 0 aliphatic carbocycles. The summed E-state index contributed by atoms with van der Waals surface area (Å²) in [5.74, 6) is -0.167. The lowest BCUT2D eigenvalue weighted by molar-refractivity contribution is 0.101. The smallest absolute Gasteiger partial charge is 0.308 e. The summed E-state index contributed by atoms with van der Waals surface area (Å²) >= 11 is 1.02. The molecule has 0 amide bonds. The van der Waals surface area contributed by atoms with E-state index in [1.165, 1.54) is 27.3 Å². The van der Waals surface area contributed by atoms with Crippen molar-refractivity contribution in [2.75, 3.05) is 14.2 Å². The second-order valence-corrected chi connectivity index (χ2v) is 5.96. The van der Waals surface area contributed by atoms with Crippen LogP contribution in [0.25, 0.3) is 0 Å². The van der Waals surface area contributed by atoms with Crippen LogP contribution in [0.3, 0.4) is 0 Å². The Labute approximate surface area is 85.6 Å². The maximum Gasteiger partial charge on any atom is 0.372 e. The summed E-state index contributed by atoms with van der Waals surface area (Å²) in [5.41, 5.74) is 0. The third-order valence-electron chi connectivity index (χ3n) is 1.55. The van der Waals surface area contributed by atoms with Gasteiger partial charge in [0.2, 0.25) is 0 Å². The molecule has 1 rings (SSSR count). The zero-order chi connectivity index (χ0) is 10.8. The highest BCUT2D eigenvalue weighted by Gasteiger charge is 2.27. The summed E-state index contributed by atoms with van der Waals surface area (Å²) in [4.78, 5) is 14.8. The molecule has 0 saturated carbocycles. The number of thiazole rings is 1. The van der Waals surface area contributed by atoms with Crippen LogP contribution in [-0.4, -0.2) is 25.0 Å². The predicted octanol–water partition coefficient (Wildman–Crippen LogP) is 1.46. The summed E-state index contributed by atoms with van der Waals surface area (Å²) in [6.07, 6.45) is 1.34. The molecular formula is C7H10NO4PS. The number of hydrogen-bond donors (Lipinski definition) is 0. The predicted molar refractivity (Wildman–Crippen MR) is 53.4 cm³/mol. The average molecular weight is 235 g/mol. The molecule has 7 heteroatoms. The highest BCUT2D eigenvalue weighted by Crippen LogP contribution is 2.46. The van der Waals surface area contributed by atoms with Crippen LogP contribution in [-0.2, 0) is 13.6 Å². The molecule has 0 N–H and O–H groups in total. The van der Waals surface area contributed by atoms with Gasteiger partial charge in [-0.05, 0) is 0 Å². The summed E-state index contributed by atoms with van der Waals surface area (Å²) in [5, 5.41) is 0.300. The molecule has 5 nitrogen and oxygen atoms in total. The Morgan fingerprint density at radius 2 is 2.07 bits per heavy atom. The van der Waals surface area contributed by atoms with Crippen LogP contribution >= 0.6 is 18.9 Å². The number of hydrogen-bond acceptors (Lipinski definition) is 6. The van der Waals surface area contributed by atoms with Crippen LogP contribution in [0.4, 0.5) is 0 Å². The molecule has 1 aromatic heterocycles. The van der Waals surface area contributed by atoms with Gasteiger partial charge in [-0.15, -0.1) is 11.3 Å². The van der Waals surface area contributed by atoms with Gasteiger partial charge < -0.3 is 9.05 Å². The van der Waals surface area contributed by atoms with Gasteiger partial charge in [0, 0.05) is 21.1 Å². The molecule has 0 fully saturated rings. The van der Waals surface area contributed by atoms with E-state index in [0.717, 1.165) is 11.3 Å². The van der Waals surface area contributed by atoms with Crippen LogP contribution in [0, 0.1) is 0 Å². The zero-order valence-electron chi connectivity index (χ0n) is 8.01. The zero-order valence-corrected chi connectivity index (χ0v) is 9.72. The van der Waals surface area contributed by atoms with Crippen molar-refractivity contribution < 1.29 is 18.4 Å². The Kier molecular flexibility index (Phi) is 3.55. The second-order valence-electron chi connectivity index (χ2n) is 2.42. The van der Waals surface area contributed by atoms with Crippen LogP contribution in [0.5, 0.6) is 0 Å². The number of carbonyl (C=O) groups is 1. The number of ketones is 1. The van der Waals surface area contributed by atoms with Gasteiger partial charge in [-0.25, -0.2) is 4.98 Å². The molecule has 0 spiro atoms. The van der Waals surface area contributed by atoms with E-state index in [0.29, 0.717) is 9.63 Å². The van der Waals surface area contributed by atoms with E-state index in [-0.39, 0.29) is 5.78 Å². The lowest BCUT2D eigenvalue weighted by Gasteiger charge is -2.09. The van der Waals surface area contributed by atoms with Crippen molar-refractivity contribution in [1.82, 2.24) is 4.98 Å². The van der Waals surface area contributed by atoms with Crippen LogP contribution in [0.2, 0.25) is 0 Å².